The Morgan fingerprint density at radius 1 is 1.41 bits per heavy atom. The summed E-state index contributed by atoms with van der Waals surface area (Å²) in [6.45, 7) is 3.88. The molecule has 0 radical (unpaired) electrons. The van der Waals surface area contributed by atoms with E-state index in [0.29, 0.717) is 11.6 Å². The molecule has 0 aliphatic carbocycles. The van der Waals surface area contributed by atoms with Crippen LogP contribution in [0.2, 0.25) is 0 Å². The Bertz CT molecular complexity index is 635. The molecule has 0 spiro atoms. The minimum Gasteiger partial charge on any atom is -0.497 e. The summed E-state index contributed by atoms with van der Waals surface area (Å²) in [6.07, 6.45) is 1.15. The van der Waals surface area contributed by atoms with Gasteiger partial charge in [0.2, 0.25) is 5.91 Å². The van der Waals surface area contributed by atoms with Crippen molar-refractivity contribution in [3.05, 3.63) is 29.1 Å². The molecule has 1 aromatic carbocycles. The number of carbonyl (C=O) groups excluding carboxylic acids is 1. The fraction of sp³-hybridized carbons (Fsp3) is 0.375. The molecule has 1 unspecified atom stereocenters. The molecule has 1 aromatic heterocycles. The lowest BCUT2D eigenvalue weighted by Gasteiger charge is -2.04. The largest absolute Gasteiger partial charge is 0.497 e. The van der Waals surface area contributed by atoms with E-state index in [4.69, 9.17) is 10.5 Å². The number of thiazole rings is 1. The summed E-state index contributed by atoms with van der Waals surface area (Å²) in [4.78, 5) is 17.5. The molecule has 0 bridgehead atoms. The average molecular weight is 319 g/mol. The maximum Gasteiger partial charge on any atom is 0.227 e. The van der Waals surface area contributed by atoms with E-state index < -0.39 is 0 Å². The van der Waals surface area contributed by atoms with Gasteiger partial charge in [0.25, 0.3) is 0 Å². The van der Waals surface area contributed by atoms with E-state index in [0.717, 1.165) is 28.3 Å². The molecule has 2 aromatic rings. The van der Waals surface area contributed by atoms with Crippen LogP contribution in [0.15, 0.2) is 24.3 Å². The molecule has 22 heavy (non-hydrogen) atoms. The van der Waals surface area contributed by atoms with Gasteiger partial charge in [-0.1, -0.05) is 6.92 Å². The van der Waals surface area contributed by atoms with E-state index in [1.165, 1.54) is 11.3 Å². The fourth-order valence-electron chi connectivity index (χ4n) is 2.08. The molecular formula is C16H21N3O2S. The summed E-state index contributed by atoms with van der Waals surface area (Å²) in [6, 6.07) is 7.60. The Hall–Kier alpha value is -1.92. The van der Waals surface area contributed by atoms with Crippen LogP contribution in [0.5, 0.6) is 5.75 Å². The Labute approximate surface area is 134 Å². The zero-order chi connectivity index (χ0) is 16.1. The highest BCUT2D eigenvalue weighted by Crippen LogP contribution is 2.32. The van der Waals surface area contributed by atoms with Crippen LogP contribution in [0.25, 0.3) is 11.3 Å². The van der Waals surface area contributed by atoms with Crippen LogP contribution < -0.4 is 15.8 Å². The number of benzene rings is 1. The second-order valence-electron chi connectivity index (χ2n) is 5.10. The Morgan fingerprint density at radius 3 is 2.64 bits per heavy atom. The number of hydrogen-bond donors (Lipinski definition) is 2. The van der Waals surface area contributed by atoms with E-state index in [1.807, 2.05) is 31.2 Å². The van der Waals surface area contributed by atoms with Crippen LogP contribution in [0, 0.1) is 0 Å². The van der Waals surface area contributed by atoms with E-state index in [9.17, 15) is 4.79 Å². The third-order valence-electron chi connectivity index (χ3n) is 3.14. The number of rotatable bonds is 6. The van der Waals surface area contributed by atoms with Crippen LogP contribution in [0.4, 0.5) is 5.13 Å². The summed E-state index contributed by atoms with van der Waals surface area (Å²) < 4.78 is 5.17. The maximum atomic E-state index is 11.8. The van der Waals surface area contributed by atoms with Crippen LogP contribution in [0.1, 0.15) is 25.1 Å². The molecule has 0 fully saturated rings. The van der Waals surface area contributed by atoms with E-state index in [1.54, 1.807) is 7.11 Å². The second kappa shape index (κ2) is 7.38. The molecule has 1 heterocycles. The molecule has 5 nitrogen and oxygen atoms in total. The van der Waals surface area contributed by atoms with Gasteiger partial charge in [0.15, 0.2) is 5.13 Å². The monoisotopic (exact) mass is 319 g/mol. The fourth-order valence-corrected chi connectivity index (χ4v) is 3.02. The predicted octanol–water partition coefficient (Wildman–Crippen LogP) is 3.06. The number of nitrogens with one attached hydrogen (secondary N) is 1. The van der Waals surface area contributed by atoms with Crippen molar-refractivity contribution < 1.29 is 9.53 Å². The molecule has 0 saturated carbocycles. The number of amides is 1. The van der Waals surface area contributed by atoms with Crippen molar-refractivity contribution in [3.63, 3.8) is 0 Å². The quantitative estimate of drug-likeness (QED) is 0.858. The normalized spacial score (nSPS) is 12.0. The first kappa shape index (κ1) is 16.5. The molecule has 6 heteroatoms. The van der Waals surface area contributed by atoms with Gasteiger partial charge in [0, 0.05) is 22.9 Å². The summed E-state index contributed by atoms with van der Waals surface area (Å²) >= 11 is 1.50. The second-order valence-corrected chi connectivity index (χ2v) is 6.19. The van der Waals surface area contributed by atoms with Crippen molar-refractivity contribution in [1.82, 2.24) is 4.98 Å². The third-order valence-corrected chi connectivity index (χ3v) is 4.25. The van der Waals surface area contributed by atoms with Crippen LogP contribution >= 0.6 is 11.3 Å². The number of hydrogen-bond acceptors (Lipinski definition) is 5. The number of methoxy groups -OCH3 is 1. The highest BCUT2D eigenvalue weighted by atomic mass is 32.1. The van der Waals surface area contributed by atoms with E-state index in [-0.39, 0.29) is 11.9 Å². The van der Waals surface area contributed by atoms with Gasteiger partial charge in [-0.25, -0.2) is 4.98 Å². The van der Waals surface area contributed by atoms with Crippen LogP contribution in [-0.2, 0) is 11.2 Å². The van der Waals surface area contributed by atoms with Gasteiger partial charge in [0.1, 0.15) is 5.75 Å². The molecule has 2 rings (SSSR count). The van der Waals surface area contributed by atoms with Crippen molar-refractivity contribution in [2.75, 3.05) is 12.4 Å². The number of aryl methyl sites for hydroxylation is 1. The minimum atomic E-state index is -0.160. The smallest absolute Gasteiger partial charge is 0.227 e. The number of anilines is 1. The first-order chi connectivity index (χ1) is 10.5. The zero-order valence-corrected chi connectivity index (χ0v) is 13.9. The van der Waals surface area contributed by atoms with E-state index >= 15 is 0 Å². The highest BCUT2D eigenvalue weighted by molar-refractivity contribution is 7.16. The third kappa shape index (κ3) is 4.05. The van der Waals surface area contributed by atoms with Crippen molar-refractivity contribution in [3.8, 4) is 17.0 Å². The molecular weight excluding hydrogens is 298 g/mol. The van der Waals surface area contributed by atoms with Crippen molar-refractivity contribution >= 4 is 22.4 Å². The lowest BCUT2D eigenvalue weighted by atomic mass is 10.1. The first-order valence-corrected chi connectivity index (χ1v) is 8.04. The van der Waals surface area contributed by atoms with Gasteiger partial charge in [-0.3, -0.25) is 4.79 Å². The zero-order valence-electron chi connectivity index (χ0n) is 13.1. The van der Waals surface area contributed by atoms with Gasteiger partial charge in [-0.05, 0) is 37.6 Å². The van der Waals surface area contributed by atoms with Crippen LogP contribution in [0.3, 0.4) is 0 Å². The lowest BCUT2D eigenvalue weighted by Crippen LogP contribution is -2.23. The lowest BCUT2D eigenvalue weighted by molar-refractivity contribution is -0.116. The van der Waals surface area contributed by atoms with Gasteiger partial charge in [-0.15, -0.1) is 11.3 Å². The summed E-state index contributed by atoms with van der Waals surface area (Å²) in [5.74, 6) is 0.704. The van der Waals surface area contributed by atoms with Crippen LogP contribution in [-0.4, -0.2) is 24.0 Å². The molecule has 1 amide bonds. The summed E-state index contributed by atoms with van der Waals surface area (Å²) in [5.41, 5.74) is 7.56. The van der Waals surface area contributed by atoms with Gasteiger partial charge in [-0.2, -0.15) is 0 Å². The summed E-state index contributed by atoms with van der Waals surface area (Å²) in [7, 11) is 1.64. The first-order valence-electron chi connectivity index (χ1n) is 7.23. The van der Waals surface area contributed by atoms with Gasteiger partial charge >= 0.3 is 0 Å². The number of ether oxygens (including phenoxy) is 1. The minimum absolute atomic E-state index is 0.104. The molecule has 3 N–H and O–H groups in total. The predicted molar refractivity (Wildman–Crippen MR) is 90.4 cm³/mol. The molecule has 118 valence electrons. The standard InChI is InChI=1S/C16H21N3O2S/c1-4-13-15(11-5-7-12(21-3)8-6-11)19-16(22-13)18-14(20)9-10(2)17/h5-8,10H,4,9,17H2,1-3H3,(H,18,19,20). The van der Waals surface area contributed by atoms with Crippen molar-refractivity contribution in [2.24, 2.45) is 5.73 Å². The molecule has 0 saturated heterocycles. The topological polar surface area (TPSA) is 77.2 Å². The molecule has 0 aliphatic heterocycles. The summed E-state index contributed by atoms with van der Waals surface area (Å²) in [5, 5.41) is 3.44. The average Bonchev–Trinajstić information content (AvgIpc) is 2.89. The van der Waals surface area contributed by atoms with Gasteiger partial charge in [0.05, 0.1) is 12.8 Å². The number of carbonyl (C=O) groups is 1. The number of nitrogens with two attached hydrogens (primary N) is 1. The SMILES string of the molecule is CCc1sc(NC(=O)CC(C)N)nc1-c1ccc(OC)cc1. The van der Waals surface area contributed by atoms with Crippen molar-refractivity contribution in [2.45, 2.75) is 32.7 Å². The number of nitrogens with zero attached hydrogens (tertiary/aromatic N) is 1. The highest BCUT2D eigenvalue weighted by Gasteiger charge is 2.14. The molecule has 1 atom stereocenters. The Morgan fingerprint density at radius 2 is 2.09 bits per heavy atom. The maximum absolute atomic E-state index is 11.8. The Balaban J connectivity index is 2.22. The molecule has 0 aliphatic rings. The van der Waals surface area contributed by atoms with E-state index in [2.05, 4.69) is 17.2 Å². The Kier molecular flexibility index (Phi) is 5.51. The van der Waals surface area contributed by atoms with Gasteiger partial charge < -0.3 is 15.8 Å². The van der Waals surface area contributed by atoms with Crippen molar-refractivity contribution in [1.29, 1.82) is 0 Å². The number of aromatic nitrogens is 1.